The molecule has 3 N–H and O–H groups in total. The number of carbonyl (C=O) groups excluding carboxylic acids is 1. The van der Waals surface area contributed by atoms with Gasteiger partial charge in [0, 0.05) is 0 Å². The van der Waals surface area contributed by atoms with Gasteiger partial charge in [0.2, 0.25) is 5.95 Å². The summed E-state index contributed by atoms with van der Waals surface area (Å²) in [6.45, 7) is 0. The second-order valence-corrected chi connectivity index (χ2v) is 3.49. The van der Waals surface area contributed by atoms with Crippen LogP contribution in [0.25, 0.3) is 5.69 Å². The lowest BCUT2D eigenvalue weighted by Crippen LogP contribution is -2.30. The highest BCUT2D eigenvalue weighted by Crippen LogP contribution is 2.18. The zero-order valence-corrected chi connectivity index (χ0v) is 9.35. The van der Waals surface area contributed by atoms with Crippen molar-refractivity contribution in [2.24, 2.45) is 0 Å². The standard InChI is InChI=1S/C10H8F3N5O/c11-10(12,13)7(19)15-9-16-8(14)18(17-9)6-4-2-1-3-5-6/h1-5H,(H3,14,15,16,17,19). The van der Waals surface area contributed by atoms with Gasteiger partial charge in [-0.05, 0) is 12.1 Å². The van der Waals surface area contributed by atoms with Gasteiger partial charge in [0.1, 0.15) is 0 Å². The van der Waals surface area contributed by atoms with Crippen LogP contribution < -0.4 is 11.1 Å². The Hall–Kier alpha value is -2.58. The lowest BCUT2D eigenvalue weighted by atomic mass is 10.3. The van der Waals surface area contributed by atoms with Crippen molar-refractivity contribution < 1.29 is 18.0 Å². The van der Waals surface area contributed by atoms with E-state index in [0.717, 1.165) is 4.68 Å². The molecule has 9 heteroatoms. The predicted molar refractivity (Wildman–Crippen MR) is 60.5 cm³/mol. The highest BCUT2D eigenvalue weighted by molar-refractivity contribution is 5.93. The molecule has 0 bridgehead atoms. The van der Waals surface area contributed by atoms with Gasteiger partial charge < -0.3 is 5.73 Å². The molecule has 0 fully saturated rings. The lowest BCUT2D eigenvalue weighted by molar-refractivity contribution is -0.167. The molecule has 0 atom stereocenters. The molecule has 0 radical (unpaired) electrons. The summed E-state index contributed by atoms with van der Waals surface area (Å²) in [5, 5.41) is 5.21. The molecule has 0 spiro atoms. The van der Waals surface area contributed by atoms with E-state index in [1.807, 2.05) is 0 Å². The number of hydrogen-bond donors (Lipinski definition) is 2. The molecule has 100 valence electrons. The van der Waals surface area contributed by atoms with Gasteiger partial charge in [0.25, 0.3) is 5.95 Å². The largest absolute Gasteiger partial charge is 0.471 e. The van der Waals surface area contributed by atoms with Crippen LogP contribution in [0.4, 0.5) is 25.1 Å². The molecule has 0 saturated carbocycles. The fraction of sp³-hybridized carbons (Fsp3) is 0.100. The predicted octanol–water partition coefficient (Wildman–Crippen LogP) is 1.35. The Morgan fingerprint density at radius 3 is 2.47 bits per heavy atom. The summed E-state index contributed by atoms with van der Waals surface area (Å²) in [7, 11) is 0. The van der Waals surface area contributed by atoms with Gasteiger partial charge in [0.05, 0.1) is 5.69 Å². The van der Waals surface area contributed by atoms with E-state index in [-0.39, 0.29) is 5.95 Å². The number of aromatic nitrogens is 3. The van der Waals surface area contributed by atoms with E-state index < -0.39 is 18.0 Å². The smallest absolute Gasteiger partial charge is 0.368 e. The summed E-state index contributed by atoms with van der Waals surface area (Å²) < 4.78 is 37.3. The third-order valence-corrected chi connectivity index (χ3v) is 2.12. The zero-order chi connectivity index (χ0) is 14.0. The van der Waals surface area contributed by atoms with Gasteiger partial charge in [0.15, 0.2) is 0 Å². The van der Waals surface area contributed by atoms with Crippen LogP contribution in [0, 0.1) is 0 Å². The molecule has 0 aliphatic heterocycles. The van der Waals surface area contributed by atoms with Crippen molar-refractivity contribution in [1.29, 1.82) is 0 Å². The van der Waals surface area contributed by atoms with E-state index in [0.29, 0.717) is 5.69 Å². The highest BCUT2D eigenvalue weighted by atomic mass is 19.4. The van der Waals surface area contributed by atoms with Gasteiger partial charge in [-0.3, -0.25) is 10.1 Å². The minimum atomic E-state index is -5.01. The molecule has 2 aromatic rings. The third-order valence-electron chi connectivity index (χ3n) is 2.12. The molecule has 0 aliphatic carbocycles. The molecule has 1 aromatic carbocycles. The molecule has 0 unspecified atom stereocenters. The molecule has 1 heterocycles. The average molecular weight is 271 g/mol. The number of alkyl halides is 3. The van der Waals surface area contributed by atoms with Crippen molar-refractivity contribution in [3.63, 3.8) is 0 Å². The van der Waals surface area contributed by atoms with Crippen LogP contribution in [0.5, 0.6) is 0 Å². The number of rotatable bonds is 2. The Morgan fingerprint density at radius 1 is 1.26 bits per heavy atom. The van der Waals surface area contributed by atoms with E-state index in [1.54, 1.807) is 30.3 Å². The molecule has 0 saturated heterocycles. The van der Waals surface area contributed by atoms with Crippen molar-refractivity contribution in [2.45, 2.75) is 6.18 Å². The van der Waals surface area contributed by atoms with Crippen molar-refractivity contribution in [2.75, 3.05) is 11.1 Å². The monoisotopic (exact) mass is 271 g/mol. The van der Waals surface area contributed by atoms with Crippen molar-refractivity contribution in [3.8, 4) is 5.69 Å². The summed E-state index contributed by atoms with van der Waals surface area (Å²) in [6, 6.07) is 8.43. The molecular formula is C10H8F3N5O. The van der Waals surface area contributed by atoms with Crippen LogP contribution in [-0.4, -0.2) is 26.8 Å². The molecule has 0 aliphatic rings. The minimum absolute atomic E-state index is 0.135. The number of anilines is 2. The van der Waals surface area contributed by atoms with Crippen LogP contribution in [0.2, 0.25) is 0 Å². The summed E-state index contributed by atoms with van der Waals surface area (Å²) in [6.07, 6.45) is -5.01. The summed E-state index contributed by atoms with van der Waals surface area (Å²) in [5.41, 5.74) is 6.03. The zero-order valence-electron chi connectivity index (χ0n) is 9.35. The van der Waals surface area contributed by atoms with Crippen molar-refractivity contribution >= 4 is 17.8 Å². The van der Waals surface area contributed by atoms with E-state index >= 15 is 0 Å². The maximum Gasteiger partial charge on any atom is 0.471 e. The van der Waals surface area contributed by atoms with Gasteiger partial charge in [-0.15, -0.1) is 5.10 Å². The van der Waals surface area contributed by atoms with Gasteiger partial charge in [-0.2, -0.15) is 22.8 Å². The molecule has 19 heavy (non-hydrogen) atoms. The number of halogens is 3. The third kappa shape index (κ3) is 2.81. The first-order valence-electron chi connectivity index (χ1n) is 5.04. The molecule has 1 aromatic heterocycles. The Morgan fingerprint density at radius 2 is 1.89 bits per heavy atom. The number of nitrogens with two attached hydrogens (primary N) is 1. The van der Waals surface area contributed by atoms with E-state index in [2.05, 4.69) is 10.1 Å². The Labute approximate surface area is 105 Å². The summed E-state index contributed by atoms with van der Waals surface area (Å²) in [4.78, 5) is 14.3. The molecule has 1 amide bonds. The summed E-state index contributed by atoms with van der Waals surface area (Å²) >= 11 is 0. The van der Waals surface area contributed by atoms with Crippen LogP contribution in [0.1, 0.15) is 0 Å². The Kier molecular flexibility index (Phi) is 3.11. The fourth-order valence-electron chi connectivity index (χ4n) is 1.31. The highest BCUT2D eigenvalue weighted by Gasteiger charge is 2.39. The van der Waals surface area contributed by atoms with Crippen molar-refractivity contribution in [1.82, 2.24) is 14.8 Å². The topological polar surface area (TPSA) is 85.8 Å². The van der Waals surface area contributed by atoms with Gasteiger partial charge in [-0.1, -0.05) is 18.2 Å². The lowest BCUT2D eigenvalue weighted by Gasteiger charge is -2.03. The van der Waals surface area contributed by atoms with Gasteiger partial charge >= 0.3 is 12.1 Å². The second kappa shape index (κ2) is 4.59. The molecular weight excluding hydrogens is 263 g/mol. The summed E-state index contributed by atoms with van der Waals surface area (Å²) in [5.74, 6) is -2.80. The van der Waals surface area contributed by atoms with Gasteiger partial charge in [-0.25, -0.2) is 0 Å². The second-order valence-electron chi connectivity index (χ2n) is 3.49. The SMILES string of the molecule is Nc1nc(NC(=O)C(F)(F)F)nn1-c1ccccc1. The number of hydrogen-bond acceptors (Lipinski definition) is 4. The maximum absolute atomic E-state index is 12.1. The fourth-order valence-corrected chi connectivity index (χ4v) is 1.31. The normalized spacial score (nSPS) is 11.3. The minimum Gasteiger partial charge on any atom is -0.368 e. The maximum atomic E-state index is 12.1. The molecule has 6 nitrogen and oxygen atoms in total. The number of nitrogens with one attached hydrogen (secondary N) is 1. The van der Waals surface area contributed by atoms with Crippen LogP contribution >= 0.6 is 0 Å². The average Bonchev–Trinajstić information content (AvgIpc) is 2.70. The first-order chi connectivity index (χ1) is 8.88. The number of nitrogens with zero attached hydrogens (tertiary/aromatic N) is 3. The number of amides is 1. The van der Waals surface area contributed by atoms with Crippen molar-refractivity contribution in [3.05, 3.63) is 30.3 Å². The first kappa shape index (κ1) is 12.9. The van der Waals surface area contributed by atoms with E-state index in [1.165, 1.54) is 5.32 Å². The van der Waals surface area contributed by atoms with E-state index in [9.17, 15) is 18.0 Å². The quantitative estimate of drug-likeness (QED) is 0.863. The van der Waals surface area contributed by atoms with Crippen LogP contribution in [0.3, 0.4) is 0 Å². The number of benzene rings is 1. The Bertz CT molecular complexity index is 593. The number of carbonyl (C=O) groups is 1. The number of nitrogen functional groups attached to an aromatic ring is 1. The molecule has 2 rings (SSSR count). The first-order valence-corrected chi connectivity index (χ1v) is 5.04. The Balaban J connectivity index is 2.25. The van der Waals surface area contributed by atoms with Crippen LogP contribution in [0.15, 0.2) is 30.3 Å². The van der Waals surface area contributed by atoms with Crippen LogP contribution in [-0.2, 0) is 4.79 Å². The number of para-hydroxylation sites is 1. The van der Waals surface area contributed by atoms with E-state index in [4.69, 9.17) is 5.73 Å².